The van der Waals surface area contributed by atoms with E-state index < -0.39 is 0 Å². The van der Waals surface area contributed by atoms with E-state index in [9.17, 15) is 9.59 Å². The van der Waals surface area contributed by atoms with Crippen LogP contribution in [-0.4, -0.2) is 78.9 Å². The molecule has 2 heterocycles. The lowest BCUT2D eigenvalue weighted by atomic mass is 9.75. The Hall–Kier alpha value is -1.63. The lowest BCUT2D eigenvalue weighted by Gasteiger charge is -2.42. The van der Waals surface area contributed by atoms with Gasteiger partial charge in [-0.05, 0) is 36.8 Å². The van der Waals surface area contributed by atoms with Gasteiger partial charge in [-0.2, -0.15) is 0 Å². The van der Waals surface area contributed by atoms with Crippen molar-refractivity contribution in [2.75, 3.05) is 57.7 Å². The summed E-state index contributed by atoms with van der Waals surface area (Å²) in [5.41, 5.74) is 0.648. The van der Waals surface area contributed by atoms with Gasteiger partial charge in [0.25, 0.3) is 0 Å². The van der Waals surface area contributed by atoms with Crippen LogP contribution in [0.5, 0.6) is 0 Å². The van der Waals surface area contributed by atoms with Crippen molar-refractivity contribution in [3.05, 3.63) is 29.3 Å². The first-order valence-electron chi connectivity index (χ1n) is 11.4. The fourth-order valence-electron chi connectivity index (χ4n) is 5.18. The number of para-hydroxylation sites is 1. The summed E-state index contributed by atoms with van der Waals surface area (Å²) in [7, 11) is 0. The highest BCUT2D eigenvalue weighted by atomic mass is 35.5. The summed E-state index contributed by atoms with van der Waals surface area (Å²) >= 11 is 6.11. The van der Waals surface area contributed by atoms with E-state index in [4.69, 9.17) is 11.6 Å². The van der Waals surface area contributed by atoms with Gasteiger partial charge in [-0.3, -0.25) is 19.4 Å². The first-order valence-corrected chi connectivity index (χ1v) is 11.7. The smallest absolute Gasteiger partial charge is 0.238 e. The summed E-state index contributed by atoms with van der Waals surface area (Å²) < 4.78 is 0. The van der Waals surface area contributed by atoms with E-state index in [0.29, 0.717) is 23.8 Å². The predicted molar refractivity (Wildman–Crippen MR) is 120 cm³/mol. The number of rotatable bonds is 5. The van der Waals surface area contributed by atoms with Gasteiger partial charge in [0.05, 0.1) is 23.8 Å². The molecule has 2 saturated heterocycles. The summed E-state index contributed by atoms with van der Waals surface area (Å²) in [6.07, 6.45) is 6.54. The fourth-order valence-corrected chi connectivity index (χ4v) is 5.36. The lowest BCUT2D eigenvalue weighted by Crippen LogP contribution is -2.53. The van der Waals surface area contributed by atoms with Crippen LogP contribution >= 0.6 is 11.6 Å². The number of piperidine rings is 1. The predicted octanol–water partition coefficient (Wildman–Crippen LogP) is 2.93. The summed E-state index contributed by atoms with van der Waals surface area (Å²) in [4.78, 5) is 31.6. The van der Waals surface area contributed by atoms with Crippen LogP contribution in [0.15, 0.2) is 24.3 Å². The fraction of sp³-hybridized carbons (Fsp3) is 0.652. The van der Waals surface area contributed by atoms with Crippen molar-refractivity contribution in [1.29, 1.82) is 0 Å². The number of amides is 2. The number of anilines is 1. The molecule has 30 heavy (non-hydrogen) atoms. The summed E-state index contributed by atoms with van der Waals surface area (Å²) in [5.74, 6) is 1.81. The zero-order valence-corrected chi connectivity index (χ0v) is 18.4. The number of nitrogens with zero attached hydrogens (tertiary/aromatic N) is 3. The van der Waals surface area contributed by atoms with Gasteiger partial charge in [0.1, 0.15) is 0 Å². The number of carbonyl (C=O) groups excluding carboxylic acids is 2. The molecule has 0 unspecified atom stereocenters. The molecule has 0 aromatic heterocycles. The van der Waals surface area contributed by atoms with Gasteiger partial charge in [-0.15, -0.1) is 0 Å². The quantitative estimate of drug-likeness (QED) is 0.777. The number of halogens is 1. The summed E-state index contributed by atoms with van der Waals surface area (Å²) in [5, 5.41) is 3.43. The van der Waals surface area contributed by atoms with Gasteiger partial charge in [-0.25, -0.2) is 0 Å². The second-order valence-electron chi connectivity index (χ2n) is 9.01. The number of hydrogen-bond donors (Lipinski definition) is 1. The number of fused-ring (bicyclic) bond motifs is 1. The number of hydrogen-bond acceptors (Lipinski definition) is 4. The average molecular weight is 433 g/mol. The minimum absolute atomic E-state index is 0.0528. The van der Waals surface area contributed by atoms with E-state index in [-0.39, 0.29) is 11.8 Å². The number of nitrogens with one attached hydrogen (secondary N) is 1. The van der Waals surface area contributed by atoms with E-state index in [0.717, 1.165) is 51.1 Å². The van der Waals surface area contributed by atoms with Crippen molar-refractivity contribution >= 4 is 29.1 Å². The van der Waals surface area contributed by atoms with Crippen LogP contribution in [0.25, 0.3) is 0 Å². The van der Waals surface area contributed by atoms with E-state index in [1.165, 1.54) is 32.1 Å². The Balaban J connectivity index is 1.18. The normalized spacial score (nSPS) is 25.6. The number of piperazine rings is 1. The number of likely N-dealkylation sites (tertiary alicyclic amines) is 1. The minimum atomic E-state index is -0.0528. The van der Waals surface area contributed by atoms with Crippen LogP contribution in [0.1, 0.15) is 32.1 Å². The van der Waals surface area contributed by atoms with Gasteiger partial charge in [0.15, 0.2) is 0 Å². The topological polar surface area (TPSA) is 55.9 Å². The maximum Gasteiger partial charge on any atom is 0.238 e. The van der Waals surface area contributed by atoms with Crippen LogP contribution in [-0.2, 0) is 9.59 Å². The van der Waals surface area contributed by atoms with E-state index in [1.54, 1.807) is 12.1 Å². The molecule has 7 heteroatoms. The second kappa shape index (κ2) is 10.1. The third-order valence-electron chi connectivity index (χ3n) is 6.98. The maximum absolute atomic E-state index is 12.8. The zero-order valence-electron chi connectivity index (χ0n) is 17.7. The molecule has 1 saturated carbocycles. The third kappa shape index (κ3) is 5.54. The Labute approximate surface area is 184 Å². The van der Waals surface area contributed by atoms with Crippen LogP contribution in [0.3, 0.4) is 0 Å². The Kier molecular flexibility index (Phi) is 7.28. The lowest BCUT2D eigenvalue weighted by molar-refractivity contribution is -0.136. The van der Waals surface area contributed by atoms with Crippen molar-refractivity contribution in [3.63, 3.8) is 0 Å². The van der Waals surface area contributed by atoms with Gasteiger partial charge in [0.2, 0.25) is 11.8 Å². The monoisotopic (exact) mass is 432 g/mol. The molecule has 2 amide bonds. The van der Waals surface area contributed by atoms with Gasteiger partial charge < -0.3 is 10.2 Å². The van der Waals surface area contributed by atoms with Gasteiger partial charge >= 0.3 is 0 Å². The first kappa shape index (κ1) is 21.6. The van der Waals surface area contributed by atoms with Crippen molar-refractivity contribution < 1.29 is 9.59 Å². The Morgan fingerprint density at radius 3 is 2.30 bits per heavy atom. The van der Waals surface area contributed by atoms with E-state index in [1.807, 2.05) is 12.1 Å². The highest BCUT2D eigenvalue weighted by molar-refractivity contribution is 6.33. The molecule has 1 aromatic carbocycles. The molecular weight excluding hydrogens is 400 g/mol. The van der Waals surface area contributed by atoms with Crippen LogP contribution in [0.4, 0.5) is 5.69 Å². The minimum Gasteiger partial charge on any atom is -0.341 e. The standard InChI is InChI=1S/C23H33ClN4O2/c24-20-7-3-4-8-21(20)25-22(29)16-26-11-13-27(14-12-26)17-23(30)28-10-9-18-5-1-2-6-19(18)15-28/h3-4,7-8,18-19H,1-2,5-6,9-17H2,(H,25,29)/t18-,19+/m0/s1. The van der Waals surface area contributed by atoms with Gasteiger partial charge in [-0.1, -0.05) is 43.0 Å². The molecule has 2 atom stereocenters. The van der Waals surface area contributed by atoms with Crippen molar-refractivity contribution in [3.8, 4) is 0 Å². The number of benzene rings is 1. The average Bonchev–Trinajstić information content (AvgIpc) is 2.76. The molecule has 1 N–H and O–H groups in total. The van der Waals surface area contributed by atoms with Crippen LogP contribution in [0, 0.1) is 11.8 Å². The van der Waals surface area contributed by atoms with E-state index in [2.05, 4.69) is 20.0 Å². The molecule has 0 bridgehead atoms. The highest BCUT2D eigenvalue weighted by Crippen LogP contribution is 2.36. The molecule has 2 aliphatic heterocycles. The van der Waals surface area contributed by atoms with Crippen LogP contribution < -0.4 is 5.32 Å². The molecule has 164 valence electrons. The second-order valence-corrected chi connectivity index (χ2v) is 9.42. The highest BCUT2D eigenvalue weighted by Gasteiger charge is 2.33. The molecule has 3 fully saturated rings. The maximum atomic E-state index is 12.8. The van der Waals surface area contributed by atoms with Crippen LogP contribution in [0.2, 0.25) is 5.02 Å². The molecule has 0 radical (unpaired) electrons. The largest absolute Gasteiger partial charge is 0.341 e. The zero-order chi connectivity index (χ0) is 20.9. The molecule has 0 spiro atoms. The van der Waals surface area contributed by atoms with Crippen molar-refractivity contribution in [1.82, 2.24) is 14.7 Å². The SMILES string of the molecule is O=C(CN1CCN(CC(=O)N2CC[C@@H]3CCCC[C@@H]3C2)CC1)Nc1ccccc1Cl. The Morgan fingerprint density at radius 1 is 0.900 bits per heavy atom. The van der Waals surface area contributed by atoms with Crippen molar-refractivity contribution in [2.24, 2.45) is 11.8 Å². The molecular formula is C23H33ClN4O2. The first-order chi connectivity index (χ1) is 14.6. The molecule has 1 aromatic rings. The molecule has 6 nitrogen and oxygen atoms in total. The molecule has 1 aliphatic carbocycles. The third-order valence-corrected chi connectivity index (χ3v) is 7.31. The molecule has 3 aliphatic rings. The summed E-state index contributed by atoms with van der Waals surface area (Å²) in [6, 6.07) is 7.27. The van der Waals surface area contributed by atoms with Crippen molar-refractivity contribution in [2.45, 2.75) is 32.1 Å². The molecule has 4 rings (SSSR count). The number of carbonyl (C=O) groups is 2. The van der Waals surface area contributed by atoms with E-state index >= 15 is 0 Å². The Morgan fingerprint density at radius 2 is 1.57 bits per heavy atom. The summed E-state index contributed by atoms with van der Waals surface area (Å²) in [6.45, 7) is 6.00. The Bertz CT molecular complexity index is 750. The van der Waals surface area contributed by atoms with Gasteiger partial charge in [0, 0.05) is 39.3 Å².